The van der Waals surface area contributed by atoms with E-state index in [0.717, 1.165) is 38.2 Å². The second kappa shape index (κ2) is 8.10. The number of aromatic amines is 1. The Morgan fingerprint density at radius 2 is 1.79 bits per heavy atom. The smallest absolute Gasteiger partial charge is 0.0541 e. The Hall–Kier alpha value is -3.11. The van der Waals surface area contributed by atoms with Gasteiger partial charge in [-0.3, -0.25) is 4.98 Å². The van der Waals surface area contributed by atoms with Gasteiger partial charge in [-0.1, -0.05) is 36.4 Å². The van der Waals surface area contributed by atoms with E-state index >= 15 is 0 Å². The third kappa shape index (κ3) is 4.03. The van der Waals surface area contributed by atoms with Crippen molar-refractivity contribution >= 4 is 16.6 Å². The van der Waals surface area contributed by atoms with Crippen molar-refractivity contribution in [3.05, 3.63) is 84.7 Å². The molecule has 1 aliphatic heterocycles. The predicted molar refractivity (Wildman–Crippen MR) is 120 cm³/mol. The van der Waals surface area contributed by atoms with Crippen LogP contribution in [-0.4, -0.2) is 29.1 Å². The van der Waals surface area contributed by atoms with Gasteiger partial charge in [-0.05, 0) is 54.8 Å². The number of para-hydroxylation sites is 1. The van der Waals surface area contributed by atoms with Crippen molar-refractivity contribution < 1.29 is 0 Å². The van der Waals surface area contributed by atoms with Gasteiger partial charge in [0.05, 0.1) is 5.69 Å². The van der Waals surface area contributed by atoms with Gasteiger partial charge in [0, 0.05) is 54.2 Å². The summed E-state index contributed by atoms with van der Waals surface area (Å²) in [6.45, 7) is 3.01. The first-order valence-electron chi connectivity index (χ1n) is 10.4. The Morgan fingerprint density at radius 3 is 2.62 bits per heavy atom. The number of piperidine rings is 1. The second-order valence-electron chi connectivity index (χ2n) is 7.78. The molecule has 0 atom stereocenters. The number of H-pyrrole nitrogens is 1. The summed E-state index contributed by atoms with van der Waals surface area (Å²) in [6.07, 6.45) is 4.17. The average Bonchev–Trinajstić information content (AvgIpc) is 3.23. The van der Waals surface area contributed by atoms with Gasteiger partial charge in [0.25, 0.3) is 0 Å². The molecule has 4 aromatic rings. The molecular formula is C25H26N4. The molecule has 3 heterocycles. The lowest BCUT2D eigenvalue weighted by Gasteiger charge is -2.34. The minimum Gasteiger partial charge on any atom is -0.371 e. The summed E-state index contributed by atoms with van der Waals surface area (Å²) < 4.78 is 0. The Balaban J connectivity index is 1.23. The third-order valence-corrected chi connectivity index (χ3v) is 5.85. The number of nitrogens with one attached hydrogen (secondary N) is 2. The first kappa shape index (κ1) is 18.0. The molecule has 4 heteroatoms. The van der Waals surface area contributed by atoms with Gasteiger partial charge in [-0.15, -0.1) is 0 Å². The Bertz CT molecular complexity index is 1050. The number of rotatable bonds is 5. The highest BCUT2D eigenvalue weighted by Crippen LogP contribution is 2.28. The molecule has 2 aromatic carbocycles. The van der Waals surface area contributed by atoms with Crippen LogP contribution in [0.5, 0.6) is 0 Å². The molecule has 0 radical (unpaired) electrons. The van der Waals surface area contributed by atoms with E-state index in [0.29, 0.717) is 6.04 Å². The van der Waals surface area contributed by atoms with E-state index in [1.54, 1.807) is 0 Å². The van der Waals surface area contributed by atoms with Gasteiger partial charge < -0.3 is 15.2 Å². The highest BCUT2D eigenvalue weighted by molar-refractivity contribution is 5.86. The normalized spacial score (nSPS) is 15.1. The summed E-state index contributed by atoms with van der Waals surface area (Å²) in [5, 5.41) is 4.92. The Morgan fingerprint density at radius 1 is 0.931 bits per heavy atom. The number of aromatic nitrogens is 2. The maximum atomic E-state index is 4.40. The van der Waals surface area contributed by atoms with Crippen LogP contribution in [0.25, 0.3) is 22.2 Å². The van der Waals surface area contributed by atoms with E-state index in [1.807, 2.05) is 18.3 Å². The van der Waals surface area contributed by atoms with Crippen LogP contribution < -0.4 is 10.2 Å². The molecule has 4 nitrogen and oxygen atoms in total. The molecule has 5 rings (SSSR count). The summed E-state index contributed by atoms with van der Waals surface area (Å²) in [5.74, 6) is 0. The van der Waals surface area contributed by atoms with Crippen molar-refractivity contribution in [3.63, 3.8) is 0 Å². The summed E-state index contributed by atoms with van der Waals surface area (Å²) >= 11 is 0. The summed E-state index contributed by atoms with van der Waals surface area (Å²) in [5.41, 5.74) is 6.03. The van der Waals surface area contributed by atoms with Gasteiger partial charge in [-0.25, -0.2) is 0 Å². The molecule has 0 saturated carbocycles. The van der Waals surface area contributed by atoms with E-state index in [9.17, 15) is 0 Å². The zero-order chi connectivity index (χ0) is 19.5. The Labute approximate surface area is 171 Å². The van der Waals surface area contributed by atoms with Crippen molar-refractivity contribution in [1.82, 2.24) is 15.3 Å². The monoisotopic (exact) mass is 382 g/mol. The van der Waals surface area contributed by atoms with Crippen LogP contribution >= 0.6 is 0 Å². The van der Waals surface area contributed by atoms with Crippen molar-refractivity contribution in [2.45, 2.75) is 25.4 Å². The summed E-state index contributed by atoms with van der Waals surface area (Å²) in [7, 11) is 0. The summed E-state index contributed by atoms with van der Waals surface area (Å²) in [6, 6.07) is 26.2. The number of pyridine rings is 1. The molecule has 1 aliphatic rings. The number of benzene rings is 2. The zero-order valence-electron chi connectivity index (χ0n) is 16.5. The molecule has 1 fully saturated rings. The lowest BCUT2D eigenvalue weighted by Crippen LogP contribution is -2.42. The number of nitrogens with zero attached hydrogens (tertiary/aromatic N) is 2. The number of anilines is 1. The predicted octanol–water partition coefficient (Wildman–Crippen LogP) is 4.99. The standard InChI is InChI=1S/C25H26N4/c1-2-10-24-20(6-1)17-25(28-24)19-7-5-9-23(16-19)29-14-11-21(12-15-29)27-18-22-8-3-4-13-26-22/h1-10,13,16-17,21,27-28H,11-12,14-15,18H2. The largest absolute Gasteiger partial charge is 0.371 e. The van der Waals surface area contributed by atoms with Crippen molar-refractivity contribution in [3.8, 4) is 11.3 Å². The lowest BCUT2D eigenvalue weighted by molar-refractivity contribution is 0.412. The molecule has 29 heavy (non-hydrogen) atoms. The van der Waals surface area contributed by atoms with Crippen LogP contribution in [0.2, 0.25) is 0 Å². The minimum atomic E-state index is 0.560. The van der Waals surface area contributed by atoms with Gasteiger partial charge in [0.2, 0.25) is 0 Å². The fraction of sp³-hybridized carbons (Fsp3) is 0.240. The van der Waals surface area contributed by atoms with Crippen molar-refractivity contribution in [1.29, 1.82) is 0 Å². The highest BCUT2D eigenvalue weighted by atomic mass is 15.1. The van der Waals surface area contributed by atoms with Crippen LogP contribution in [0.1, 0.15) is 18.5 Å². The zero-order valence-corrected chi connectivity index (χ0v) is 16.5. The first-order chi connectivity index (χ1) is 14.3. The van der Waals surface area contributed by atoms with Gasteiger partial charge in [0.15, 0.2) is 0 Å². The van der Waals surface area contributed by atoms with Crippen molar-refractivity contribution in [2.24, 2.45) is 0 Å². The van der Waals surface area contributed by atoms with E-state index in [4.69, 9.17) is 0 Å². The first-order valence-corrected chi connectivity index (χ1v) is 10.4. The molecule has 0 unspecified atom stereocenters. The van der Waals surface area contributed by atoms with Crippen molar-refractivity contribution in [2.75, 3.05) is 18.0 Å². The fourth-order valence-electron chi connectivity index (χ4n) is 4.19. The molecule has 1 saturated heterocycles. The maximum Gasteiger partial charge on any atom is 0.0541 e. The molecule has 0 aliphatic carbocycles. The topological polar surface area (TPSA) is 44.0 Å². The van der Waals surface area contributed by atoms with Crippen LogP contribution in [-0.2, 0) is 6.54 Å². The Kier molecular flexibility index (Phi) is 5.01. The molecule has 2 aromatic heterocycles. The number of hydrogen-bond acceptors (Lipinski definition) is 3. The minimum absolute atomic E-state index is 0.560. The third-order valence-electron chi connectivity index (χ3n) is 5.85. The van der Waals surface area contributed by atoms with Gasteiger partial charge in [-0.2, -0.15) is 0 Å². The molecule has 0 spiro atoms. The van der Waals surface area contributed by atoms with E-state index in [2.05, 4.69) is 80.8 Å². The van der Waals surface area contributed by atoms with Crippen LogP contribution in [0.4, 0.5) is 5.69 Å². The van der Waals surface area contributed by atoms with E-state index in [1.165, 1.54) is 27.8 Å². The molecule has 0 bridgehead atoms. The second-order valence-corrected chi connectivity index (χ2v) is 7.78. The number of fused-ring (bicyclic) bond motifs is 1. The molecular weight excluding hydrogens is 356 g/mol. The molecule has 2 N–H and O–H groups in total. The van der Waals surface area contributed by atoms with Crippen LogP contribution in [0.15, 0.2) is 79.0 Å². The summed E-state index contributed by atoms with van der Waals surface area (Å²) in [4.78, 5) is 10.5. The molecule has 0 amide bonds. The maximum absolute atomic E-state index is 4.40. The van der Waals surface area contributed by atoms with Gasteiger partial charge in [0.1, 0.15) is 0 Å². The van der Waals surface area contributed by atoms with E-state index in [-0.39, 0.29) is 0 Å². The van der Waals surface area contributed by atoms with Crippen LogP contribution in [0.3, 0.4) is 0 Å². The number of hydrogen-bond donors (Lipinski definition) is 2. The van der Waals surface area contributed by atoms with Gasteiger partial charge >= 0.3 is 0 Å². The fourth-order valence-corrected chi connectivity index (χ4v) is 4.19. The highest BCUT2D eigenvalue weighted by Gasteiger charge is 2.19. The van der Waals surface area contributed by atoms with E-state index < -0.39 is 0 Å². The average molecular weight is 383 g/mol. The van der Waals surface area contributed by atoms with Crippen LogP contribution in [0, 0.1) is 0 Å². The quantitative estimate of drug-likeness (QED) is 0.511. The SMILES string of the molecule is c1ccc(CNC2CCN(c3cccc(-c4cc5ccccc5[nH]4)c3)CC2)nc1. The molecule has 146 valence electrons. The lowest BCUT2D eigenvalue weighted by atomic mass is 10.0.